The highest BCUT2D eigenvalue weighted by molar-refractivity contribution is 5.88. The molecule has 0 radical (unpaired) electrons. The first-order valence-corrected chi connectivity index (χ1v) is 14.6. The Morgan fingerprint density at radius 3 is 2.02 bits per heavy atom. The minimum absolute atomic E-state index is 0.0309. The second-order valence-electron chi connectivity index (χ2n) is 11.0. The van der Waals surface area contributed by atoms with Gasteiger partial charge in [-0.2, -0.15) is 0 Å². The van der Waals surface area contributed by atoms with Gasteiger partial charge in [-0.1, -0.05) is 0 Å². The molecule has 2 aliphatic heterocycles. The Morgan fingerprint density at radius 2 is 1.36 bits per heavy atom. The molecule has 258 valence electrons. The van der Waals surface area contributed by atoms with E-state index in [4.69, 9.17) is 42.3 Å². The predicted molar refractivity (Wildman–Crippen MR) is 160 cm³/mol. The number of benzene rings is 2. The first kappa shape index (κ1) is 34.6. The fourth-order valence-corrected chi connectivity index (χ4v) is 5.40. The van der Waals surface area contributed by atoms with Gasteiger partial charge in [0.1, 0.15) is 65.2 Å². The van der Waals surface area contributed by atoms with Gasteiger partial charge in [0.15, 0.2) is 23.5 Å². The summed E-state index contributed by atoms with van der Waals surface area (Å²) in [5.41, 5.74) is -0.370. The number of fused-ring (bicyclic) bond motifs is 1. The van der Waals surface area contributed by atoms with E-state index in [1.807, 2.05) is 0 Å². The molecule has 3 heterocycles. The van der Waals surface area contributed by atoms with Crippen LogP contribution in [0, 0.1) is 0 Å². The van der Waals surface area contributed by atoms with Gasteiger partial charge in [-0.05, 0) is 25.1 Å². The van der Waals surface area contributed by atoms with Gasteiger partial charge in [0, 0.05) is 17.7 Å². The molecule has 16 heteroatoms. The summed E-state index contributed by atoms with van der Waals surface area (Å²) in [6.07, 6.45) is -15.5. The van der Waals surface area contributed by atoms with Crippen LogP contribution in [0.15, 0.2) is 39.5 Å². The van der Waals surface area contributed by atoms with Gasteiger partial charge in [0.05, 0.1) is 41.2 Å². The van der Waals surface area contributed by atoms with E-state index in [1.54, 1.807) is 12.1 Å². The van der Waals surface area contributed by atoms with Crippen molar-refractivity contribution in [3.05, 3.63) is 40.6 Å². The number of ether oxygens (including phenoxy) is 8. The number of hydrogen-bond donors (Lipinski definition) is 6. The first-order valence-electron chi connectivity index (χ1n) is 14.6. The van der Waals surface area contributed by atoms with Crippen LogP contribution in [0.4, 0.5) is 0 Å². The number of aliphatic hydroxyl groups is 6. The van der Waals surface area contributed by atoms with Crippen LogP contribution in [0.3, 0.4) is 0 Å². The van der Waals surface area contributed by atoms with E-state index in [-0.39, 0.29) is 22.5 Å². The van der Waals surface area contributed by atoms with Crippen molar-refractivity contribution in [3.63, 3.8) is 0 Å². The highest BCUT2D eigenvalue weighted by atomic mass is 16.7. The van der Waals surface area contributed by atoms with Crippen molar-refractivity contribution >= 4 is 11.0 Å². The van der Waals surface area contributed by atoms with Crippen molar-refractivity contribution in [2.45, 2.75) is 68.3 Å². The van der Waals surface area contributed by atoms with E-state index in [0.29, 0.717) is 22.8 Å². The summed E-state index contributed by atoms with van der Waals surface area (Å²) in [5.74, 6) is 0.543. The van der Waals surface area contributed by atoms with E-state index < -0.39 is 79.2 Å². The van der Waals surface area contributed by atoms with E-state index in [9.17, 15) is 35.4 Å². The SMILES string of the molecule is COc1cc(OC)c2c(=O)c(O[C@@H]3O[C@H](CO[C@@H]4OC(C)[C@H](O)C(O)[C@@H]4O)[C@@H](O)C(O)C3O)c(-c3ccc(OC)c(OC)c3)oc2c1. The second-order valence-corrected chi connectivity index (χ2v) is 11.0. The Balaban J connectivity index is 1.53. The maximum absolute atomic E-state index is 14.1. The molecule has 5 rings (SSSR count). The standard InChI is InChI=1S/C31H38O16/c1-12-21(32)24(35)26(37)30(44-12)43-11-19-22(33)25(36)27(38)31(46-19)47-29-23(34)20-17(42-5)9-14(39-2)10-18(20)45-28(29)13-6-7-15(40-3)16(8-13)41-4/h6-10,12,19,21-22,24-27,30-33,35-38H,11H2,1-5H3/t12?,19-,21+,22-,24?,25?,26+,27?,30-,31+/m1/s1. The monoisotopic (exact) mass is 666 g/mol. The lowest BCUT2D eigenvalue weighted by atomic mass is 9.98. The summed E-state index contributed by atoms with van der Waals surface area (Å²) in [4.78, 5) is 14.1. The molecule has 6 N–H and O–H groups in total. The summed E-state index contributed by atoms with van der Waals surface area (Å²) in [5, 5.41) is 62.6. The zero-order valence-electron chi connectivity index (χ0n) is 26.1. The van der Waals surface area contributed by atoms with Crippen LogP contribution >= 0.6 is 0 Å². The molecule has 0 amide bonds. The molecule has 2 aliphatic rings. The van der Waals surface area contributed by atoms with Gasteiger partial charge in [-0.25, -0.2) is 0 Å². The molecule has 0 saturated carbocycles. The molecular weight excluding hydrogens is 628 g/mol. The molecular formula is C31H38O16. The van der Waals surface area contributed by atoms with Gasteiger partial charge >= 0.3 is 0 Å². The quantitative estimate of drug-likeness (QED) is 0.161. The minimum Gasteiger partial charge on any atom is -0.496 e. The van der Waals surface area contributed by atoms with Crippen LogP contribution in [0.2, 0.25) is 0 Å². The second kappa shape index (κ2) is 14.2. The maximum Gasteiger partial charge on any atom is 0.239 e. The van der Waals surface area contributed by atoms with E-state index in [2.05, 4.69) is 0 Å². The Labute approximate surface area is 268 Å². The van der Waals surface area contributed by atoms with Crippen LogP contribution in [0.1, 0.15) is 6.92 Å². The van der Waals surface area contributed by atoms with Crippen molar-refractivity contribution in [1.82, 2.24) is 0 Å². The molecule has 2 fully saturated rings. The largest absolute Gasteiger partial charge is 0.496 e. The molecule has 0 spiro atoms. The number of methoxy groups -OCH3 is 4. The Bertz CT molecular complexity index is 1610. The van der Waals surface area contributed by atoms with Gasteiger partial charge in [0.2, 0.25) is 17.5 Å². The van der Waals surface area contributed by atoms with E-state index in [0.717, 1.165) is 0 Å². The zero-order chi connectivity index (χ0) is 34.2. The van der Waals surface area contributed by atoms with Crippen LogP contribution in [0.5, 0.6) is 28.7 Å². The van der Waals surface area contributed by atoms with Gasteiger partial charge in [-0.3, -0.25) is 4.79 Å². The summed E-state index contributed by atoms with van der Waals surface area (Å²) < 4.78 is 50.4. The number of rotatable bonds is 10. The Kier molecular flexibility index (Phi) is 10.4. The number of hydrogen-bond acceptors (Lipinski definition) is 16. The van der Waals surface area contributed by atoms with Crippen molar-refractivity contribution in [3.8, 4) is 40.1 Å². The number of aliphatic hydroxyl groups excluding tert-OH is 6. The topological polar surface area (TPSA) is 225 Å². The normalized spacial score (nSPS) is 31.0. The summed E-state index contributed by atoms with van der Waals surface area (Å²) in [6, 6.07) is 7.63. The van der Waals surface area contributed by atoms with Crippen molar-refractivity contribution < 1.29 is 73.0 Å². The van der Waals surface area contributed by atoms with Crippen molar-refractivity contribution in [2.24, 2.45) is 0 Å². The van der Waals surface area contributed by atoms with Crippen molar-refractivity contribution in [1.29, 1.82) is 0 Å². The van der Waals surface area contributed by atoms with Crippen LogP contribution in [0.25, 0.3) is 22.3 Å². The van der Waals surface area contributed by atoms with Crippen LogP contribution in [-0.2, 0) is 14.2 Å². The highest BCUT2D eigenvalue weighted by Gasteiger charge is 2.48. The van der Waals surface area contributed by atoms with Gasteiger partial charge in [0.25, 0.3) is 0 Å². The lowest BCUT2D eigenvalue weighted by molar-refractivity contribution is -0.318. The third kappa shape index (κ3) is 6.56. The molecule has 10 atom stereocenters. The molecule has 2 aromatic carbocycles. The minimum atomic E-state index is -1.87. The predicted octanol–water partition coefficient (Wildman–Crippen LogP) is -0.475. The fraction of sp³-hybridized carbons (Fsp3) is 0.516. The third-order valence-electron chi connectivity index (χ3n) is 8.13. The van der Waals surface area contributed by atoms with Gasteiger partial charge in [-0.15, -0.1) is 0 Å². The summed E-state index contributed by atoms with van der Waals surface area (Å²) in [6.45, 7) is 0.923. The van der Waals surface area contributed by atoms with Crippen molar-refractivity contribution in [2.75, 3.05) is 35.0 Å². The third-order valence-corrected chi connectivity index (χ3v) is 8.13. The summed E-state index contributed by atoms with van der Waals surface area (Å²) in [7, 11) is 5.66. The van der Waals surface area contributed by atoms with Crippen LogP contribution < -0.4 is 29.1 Å². The smallest absolute Gasteiger partial charge is 0.239 e. The van der Waals surface area contributed by atoms with E-state index in [1.165, 1.54) is 53.6 Å². The average Bonchev–Trinajstić information content (AvgIpc) is 3.08. The molecule has 47 heavy (non-hydrogen) atoms. The molecule has 0 aliphatic carbocycles. The molecule has 2 saturated heterocycles. The molecule has 1 aromatic heterocycles. The Morgan fingerprint density at radius 1 is 0.702 bits per heavy atom. The fourth-order valence-electron chi connectivity index (χ4n) is 5.40. The Hall–Kier alpha value is -3.71. The highest BCUT2D eigenvalue weighted by Crippen LogP contribution is 2.40. The summed E-state index contributed by atoms with van der Waals surface area (Å²) >= 11 is 0. The lowest BCUT2D eigenvalue weighted by Gasteiger charge is -2.42. The van der Waals surface area contributed by atoms with Gasteiger partial charge < -0.3 is 73.0 Å². The first-order chi connectivity index (χ1) is 22.4. The molecule has 16 nitrogen and oxygen atoms in total. The van der Waals surface area contributed by atoms with Crippen LogP contribution in [-0.4, -0.2) is 127 Å². The molecule has 4 unspecified atom stereocenters. The average molecular weight is 667 g/mol. The maximum atomic E-state index is 14.1. The van der Waals surface area contributed by atoms with E-state index >= 15 is 0 Å². The molecule has 3 aromatic rings. The zero-order valence-corrected chi connectivity index (χ0v) is 26.1. The molecule has 0 bridgehead atoms. The lowest BCUT2D eigenvalue weighted by Crippen LogP contribution is -2.61.